The Kier molecular flexibility index (Phi) is 7.56. The van der Waals surface area contributed by atoms with Crippen molar-refractivity contribution in [3.05, 3.63) is 49.6 Å². The van der Waals surface area contributed by atoms with E-state index in [2.05, 4.69) is 20.5 Å². The van der Waals surface area contributed by atoms with E-state index >= 15 is 0 Å². The number of ether oxygens (including phenoxy) is 2. The van der Waals surface area contributed by atoms with E-state index < -0.39 is 5.91 Å². The van der Waals surface area contributed by atoms with E-state index in [9.17, 15) is 9.59 Å². The Morgan fingerprint density at radius 2 is 2.15 bits per heavy atom. The van der Waals surface area contributed by atoms with Gasteiger partial charge in [-0.05, 0) is 36.3 Å². The summed E-state index contributed by atoms with van der Waals surface area (Å²) in [5.41, 5.74) is 3.01. The number of hydrogen-bond donors (Lipinski definition) is 3. The molecule has 0 spiro atoms. The summed E-state index contributed by atoms with van der Waals surface area (Å²) in [5, 5.41) is 4.27. The smallest absolute Gasteiger partial charge is 0.251 e. The molecule has 0 atom stereocenters. The van der Waals surface area contributed by atoms with Gasteiger partial charge < -0.3 is 14.5 Å². The molecule has 0 fully saturated rings. The zero-order valence-electron chi connectivity index (χ0n) is 14.8. The molecule has 0 saturated heterocycles. The zero-order valence-corrected chi connectivity index (χ0v) is 16.4. The van der Waals surface area contributed by atoms with E-state index in [1.807, 2.05) is 6.92 Å². The summed E-state index contributed by atoms with van der Waals surface area (Å²) in [6.45, 7) is 2.51. The van der Waals surface area contributed by atoms with Crippen LogP contribution in [0.25, 0.3) is 0 Å². The van der Waals surface area contributed by atoms with Gasteiger partial charge in [0.25, 0.3) is 5.56 Å². The number of hydrogen-bond acceptors (Lipinski definition) is 6. The van der Waals surface area contributed by atoms with Gasteiger partial charge in [-0.1, -0.05) is 18.5 Å². The predicted molar refractivity (Wildman–Crippen MR) is 105 cm³/mol. The monoisotopic (exact) mass is 410 g/mol. The second-order valence-corrected chi connectivity index (χ2v) is 6.28. The molecular formula is C17H19ClN4O4S. The van der Waals surface area contributed by atoms with E-state index in [1.165, 1.54) is 19.4 Å². The molecule has 0 unspecified atom stereocenters. The first-order valence-electron chi connectivity index (χ1n) is 8.07. The minimum Gasteiger partial charge on any atom is -0.493 e. The van der Waals surface area contributed by atoms with Crippen LogP contribution in [-0.4, -0.2) is 35.8 Å². The molecule has 0 saturated carbocycles. The maximum absolute atomic E-state index is 11.9. The highest BCUT2D eigenvalue weighted by atomic mass is 35.5. The van der Waals surface area contributed by atoms with Crippen molar-refractivity contribution in [2.75, 3.05) is 13.7 Å². The van der Waals surface area contributed by atoms with E-state index in [0.29, 0.717) is 34.4 Å². The van der Waals surface area contributed by atoms with E-state index in [-0.39, 0.29) is 16.8 Å². The number of carbonyl (C=O) groups excluding carboxylic acids is 1. The second kappa shape index (κ2) is 9.89. The Balaban J connectivity index is 2.04. The van der Waals surface area contributed by atoms with Crippen molar-refractivity contribution >= 4 is 35.9 Å². The molecule has 0 aliphatic carbocycles. The molecule has 0 aliphatic rings. The van der Waals surface area contributed by atoms with Gasteiger partial charge in [0, 0.05) is 11.8 Å². The van der Waals surface area contributed by atoms with Crippen LogP contribution in [0.15, 0.2) is 28.1 Å². The summed E-state index contributed by atoms with van der Waals surface area (Å²) in [4.78, 5) is 28.4. The molecule has 144 valence electrons. The molecule has 8 nitrogen and oxygen atoms in total. The van der Waals surface area contributed by atoms with Crippen molar-refractivity contribution in [1.29, 1.82) is 0 Å². The second-order valence-electron chi connectivity index (χ2n) is 5.47. The van der Waals surface area contributed by atoms with Crippen molar-refractivity contribution < 1.29 is 14.3 Å². The lowest BCUT2D eigenvalue weighted by Crippen LogP contribution is -2.21. The molecule has 2 rings (SSSR count). The summed E-state index contributed by atoms with van der Waals surface area (Å²) >= 11 is 11.1. The number of amides is 1. The van der Waals surface area contributed by atoms with Crippen LogP contribution in [0.1, 0.15) is 24.6 Å². The Morgan fingerprint density at radius 1 is 1.37 bits per heavy atom. The number of rotatable bonds is 8. The van der Waals surface area contributed by atoms with Crippen LogP contribution >= 0.6 is 23.8 Å². The number of carbonyl (C=O) groups is 1. The minimum absolute atomic E-state index is 0.0707. The van der Waals surface area contributed by atoms with Crippen molar-refractivity contribution in [3.8, 4) is 11.5 Å². The standard InChI is InChI=1S/C17H19ClN4O4S/c1-3-4-26-16-12(18)5-10(6-13(16)25-2)9-19-22-15(24)8-11-7-14(23)21-17(27)20-11/h5-7,9H,3-4,8H2,1-2H3,(H,22,24)(H2,20,21,23,27)/b19-9-. The van der Waals surface area contributed by atoms with Gasteiger partial charge in [-0.3, -0.25) is 14.6 Å². The third kappa shape index (κ3) is 6.22. The fourth-order valence-electron chi connectivity index (χ4n) is 2.16. The van der Waals surface area contributed by atoms with Crippen molar-refractivity contribution in [2.24, 2.45) is 5.10 Å². The van der Waals surface area contributed by atoms with Crippen LogP contribution in [0.3, 0.4) is 0 Å². The SMILES string of the molecule is CCCOc1c(Cl)cc(/C=N\NC(=O)Cc2cc(=O)[nH]c(=S)[nH]2)cc1OC. The lowest BCUT2D eigenvalue weighted by atomic mass is 10.2. The molecular weight excluding hydrogens is 392 g/mol. The van der Waals surface area contributed by atoms with Crippen molar-refractivity contribution in [2.45, 2.75) is 19.8 Å². The lowest BCUT2D eigenvalue weighted by molar-refractivity contribution is -0.120. The first-order chi connectivity index (χ1) is 12.9. The number of halogens is 1. The molecule has 27 heavy (non-hydrogen) atoms. The third-order valence-electron chi connectivity index (χ3n) is 3.27. The van der Waals surface area contributed by atoms with Crippen molar-refractivity contribution in [3.63, 3.8) is 0 Å². The van der Waals surface area contributed by atoms with Gasteiger partial charge in [-0.2, -0.15) is 5.10 Å². The summed E-state index contributed by atoms with van der Waals surface area (Å²) in [5.74, 6) is 0.523. The van der Waals surface area contributed by atoms with Crippen LogP contribution in [0.2, 0.25) is 5.02 Å². The average molecular weight is 411 g/mol. The molecule has 1 heterocycles. The van der Waals surface area contributed by atoms with Crippen molar-refractivity contribution in [1.82, 2.24) is 15.4 Å². The number of aromatic nitrogens is 2. The van der Waals surface area contributed by atoms with Gasteiger partial charge in [0.05, 0.1) is 31.4 Å². The maximum Gasteiger partial charge on any atom is 0.251 e. The number of hydrazone groups is 1. The number of H-pyrrole nitrogens is 2. The molecule has 0 radical (unpaired) electrons. The molecule has 2 aromatic rings. The molecule has 1 aromatic carbocycles. The van der Waals surface area contributed by atoms with Crippen LogP contribution in [0.4, 0.5) is 0 Å². The first kappa shape index (κ1) is 20.7. The van der Waals surface area contributed by atoms with Gasteiger partial charge in [-0.15, -0.1) is 0 Å². The number of benzene rings is 1. The molecule has 3 N–H and O–H groups in total. The number of nitrogens with one attached hydrogen (secondary N) is 3. The summed E-state index contributed by atoms with van der Waals surface area (Å²) < 4.78 is 11.0. The fourth-order valence-corrected chi connectivity index (χ4v) is 2.67. The van der Waals surface area contributed by atoms with Gasteiger partial charge in [0.2, 0.25) is 5.91 Å². The summed E-state index contributed by atoms with van der Waals surface area (Å²) in [7, 11) is 1.51. The molecule has 0 bridgehead atoms. The quantitative estimate of drug-likeness (QED) is 0.352. The van der Waals surface area contributed by atoms with E-state index in [1.54, 1.807) is 12.1 Å². The van der Waals surface area contributed by atoms with Crippen LogP contribution in [-0.2, 0) is 11.2 Å². The highest BCUT2D eigenvalue weighted by Gasteiger charge is 2.11. The van der Waals surface area contributed by atoms with E-state index in [4.69, 9.17) is 33.3 Å². The topological polar surface area (TPSA) is 109 Å². The molecule has 1 amide bonds. The average Bonchev–Trinajstić information content (AvgIpc) is 2.59. The largest absolute Gasteiger partial charge is 0.493 e. The van der Waals surface area contributed by atoms with E-state index in [0.717, 1.165) is 6.42 Å². The Hall–Kier alpha value is -2.65. The lowest BCUT2D eigenvalue weighted by Gasteiger charge is -2.12. The Labute approximate surface area is 165 Å². The van der Waals surface area contributed by atoms with Gasteiger partial charge in [0.1, 0.15) is 0 Å². The Bertz CT molecular complexity index is 926. The van der Waals surface area contributed by atoms with Gasteiger partial charge in [0.15, 0.2) is 16.3 Å². The number of aromatic amines is 2. The Morgan fingerprint density at radius 3 is 2.81 bits per heavy atom. The fraction of sp³-hybridized carbons (Fsp3) is 0.294. The zero-order chi connectivity index (χ0) is 19.8. The van der Waals surface area contributed by atoms with Crippen LogP contribution in [0, 0.1) is 4.77 Å². The number of methoxy groups -OCH3 is 1. The highest BCUT2D eigenvalue weighted by Crippen LogP contribution is 2.36. The number of nitrogens with zero attached hydrogens (tertiary/aromatic N) is 1. The predicted octanol–water partition coefficient (Wildman–Crippen LogP) is 2.58. The normalized spacial score (nSPS) is 10.8. The van der Waals surface area contributed by atoms with Gasteiger partial charge >= 0.3 is 0 Å². The third-order valence-corrected chi connectivity index (χ3v) is 3.76. The first-order valence-corrected chi connectivity index (χ1v) is 8.86. The van der Waals surface area contributed by atoms with Crippen LogP contribution in [0.5, 0.6) is 11.5 Å². The van der Waals surface area contributed by atoms with Gasteiger partial charge in [-0.25, -0.2) is 5.43 Å². The molecule has 10 heteroatoms. The van der Waals surface area contributed by atoms with Crippen LogP contribution < -0.4 is 20.5 Å². The summed E-state index contributed by atoms with van der Waals surface area (Å²) in [6.07, 6.45) is 2.20. The maximum atomic E-state index is 11.9. The molecule has 1 aromatic heterocycles. The minimum atomic E-state index is -0.413. The summed E-state index contributed by atoms with van der Waals surface area (Å²) in [6, 6.07) is 4.61. The molecule has 0 aliphatic heterocycles. The highest BCUT2D eigenvalue weighted by molar-refractivity contribution is 7.71.